The van der Waals surface area contributed by atoms with Crippen LogP contribution in [-0.2, 0) is 4.79 Å². The van der Waals surface area contributed by atoms with Crippen molar-refractivity contribution >= 4 is 17.5 Å². The van der Waals surface area contributed by atoms with Gasteiger partial charge < -0.3 is 5.32 Å². The Balaban J connectivity index is 3.08. The molecule has 0 aromatic heterocycles. The Kier molecular flexibility index (Phi) is 6.33. The molecule has 0 spiro atoms. The van der Waals surface area contributed by atoms with Crippen molar-refractivity contribution in [2.45, 2.75) is 26.7 Å². The van der Waals surface area contributed by atoms with Crippen molar-refractivity contribution < 1.29 is 4.79 Å². The molecule has 1 atom stereocenters. The van der Waals surface area contributed by atoms with Crippen LogP contribution in [-0.4, -0.2) is 18.3 Å². The second kappa shape index (κ2) is 6.47. The SMILES string of the molecule is CC(=O)NCCCC(C)CCl. The fraction of sp³-hybridized carbons (Fsp3) is 0.875. The van der Waals surface area contributed by atoms with Crippen LogP contribution in [0.3, 0.4) is 0 Å². The van der Waals surface area contributed by atoms with Gasteiger partial charge in [0.2, 0.25) is 5.91 Å². The van der Waals surface area contributed by atoms with E-state index in [1.165, 1.54) is 6.92 Å². The van der Waals surface area contributed by atoms with Gasteiger partial charge in [0, 0.05) is 19.3 Å². The number of nitrogens with one attached hydrogen (secondary N) is 1. The normalized spacial score (nSPS) is 12.6. The first-order valence-electron chi connectivity index (χ1n) is 3.97. The second-order valence-corrected chi connectivity index (χ2v) is 3.19. The van der Waals surface area contributed by atoms with E-state index in [0.29, 0.717) is 11.8 Å². The van der Waals surface area contributed by atoms with Gasteiger partial charge in [-0.15, -0.1) is 11.6 Å². The van der Waals surface area contributed by atoms with Crippen molar-refractivity contribution in [3.63, 3.8) is 0 Å². The molecule has 1 N–H and O–H groups in total. The molecule has 0 fully saturated rings. The molecule has 1 amide bonds. The highest BCUT2D eigenvalue weighted by Gasteiger charge is 1.98. The molecule has 0 aliphatic carbocycles. The molecule has 0 radical (unpaired) electrons. The molecule has 0 bridgehead atoms. The quantitative estimate of drug-likeness (QED) is 0.504. The van der Waals surface area contributed by atoms with Crippen LogP contribution in [0.4, 0.5) is 0 Å². The maximum Gasteiger partial charge on any atom is 0.216 e. The van der Waals surface area contributed by atoms with E-state index in [0.717, 1.165) is 19.4 Å². The minimum Gasteiger partial charge on any atom is -0.356 e. The molecule has 11 heavy (non-hydrogen) atoms. The Labute approximate surface area is 73.3 Å². The lowest BCUT2D eigenvalue weighted by Gasteiger charge is -2.06. The number of carbonyl (C=O) groups is 1. The van der Waals surface area contributed by atoms with Crippen LogP contribution in [0.5, 0.6) is 0 Å². The minimum absolute atomic E-state index is 0.0449. The summed E-state index contributed by atoms with van der Waals surface area (Å²) in [5.41, 5.74) is 0. The zero-order valence-corrected chi connectivity index (χ0v) is 7.95. The van der Waals surface area contributed by atoms with Crippen LogP contribution >= 0.6 is 11.6 Å². The average Bonchev–Trinajstić information content (AvgIpc) is 1.97. The predicted octanol–water partition coefficient (Wildman–Crippen LogP) is 1.78. The topological polar surface area (TPSA) is 29.1 Å². The van der Waals surface area contributed by atoms with Gasteiger partial charge in [-0.25, -0.2) is 0 Å². The lowest BCUT2D eigenvalue weighted by atomic mass is 10.1. The lowest BCUT2D eigenvalue weighted by Crippen LogP contribution is -2.21. The van der Waals surface area contributed by atoms with E-state index in [9.17, 15) is 4.79 Å². The van der Waals surface area contributed by atoms with Gasteiger partial charge in [0.1, 0.15) is 0 Å². The first kappa shape index (κ1) is 10.8. The van der Waals surface area contributed by atoms with Gasteiger partial charge in [-0.05, 0) is 18.8 Å². The van der Waals surface area contributed by atoms with E-state index in [2.05, 4.69) is 12.2 Å². The first-order valence-corrected chi connectivity index (χ1v) is 4.50. The highest BCUT2D eigenvalue weighted by atomic mass is 35.5. The van der Waals surface area contributed by atoms with Gasteiger partial charge in [0.05, 0.1) is 0 Å². The van der Waals surface area contributed by atoms with E-state index < -0.39 is 0 Å². The Morgan fingerprint density at radius 2 is 2.27 bits per heavy atom. The molecule has 2 nitrogen and oxygen atoms in total. The van der Waals surface area contributed by atoms with Gasteiger partial charge in [0.15, 0.2) is 0 Å². The van der Waals surface area contributed by atoms with E-state index >= 15 is 0 Å². The molecule has 0 saturated carbocycles. The molecule has 0 aliphatic heterocycles. The first-order chi connectivity index (χ1) is 5.16. The smallest absolute Gasteiger partial charge is 0.216 e. The van der Waals surface area contributed by atoms with Crippen molar-refractivity contribution in [3.05, 3.63) is 0 Å². The molecule has 0 aromatic carbocycles. The Morgan fingerprint density at radius 1 is 1.64 bits per heavy atom. The highest BCUT2D eigenvalue weighted by molar-refractivity contribution is 6.18. The summed E-state index contributed by atoms with van der Waals surface area (Å²) in [4.78, 5) is 10.4. The van der Waals surface area contributed by atoms with Crippen LogP contribution < -0.4 is 5.32 Å². The summed E-state index contributed by atoms with van der Waals surface area (Å²) in [6.07, 6.45) is 2.11. The van der Waals surface area contributed by atoms with Crippen LogP contribution in [0.2, 0.25) is 0 Å². The third-order valence-corrected chi connectivity index (χ3v) is 2.04. The minimum atomic E-state index is 0.0449. The zero-order chi connectivity index (χ0) is 8.69. The largest absolute Gasteiger partial charge is 0.356 e. The number of amides is 1. The highest BCUT2D eigenvalue weighted by Crippen LogP contribution is 2.05. The van der Waals surface area contributed by atoms with E-state index in [-0.39, 0.29) is 5.91 Å². The maximum absolute atomic E-state index is 10.4. The number of carbonyl (C=O) groups excluding carboxylic acids is 1. The van der Waals surface area contributed by atoms with Gasteiger partial charge in [0.25, 0.3) is 0 Å². The molecule has 0 aliphatic rings. The van der Waals surface area contributed by atoms with Crippen LogP contribution in [0.15, 0.2) is 0 Å². The average molecular weight is 178 g/mol. The summed E-state index contributed by atoms with van der Waals surface area (Å²) >= 11 is 5.61. The number of rotatable bonds is 5. The van der Waals surface area contributed by atoms with Crippen molar-refractivity contribution in [1.29, 1.82) is 0 Å². The zero-order valence-electron chi connectivity index (χ0n) is 7.19. The third kappa shape index (κ3) is 7.66. The standard InChI is InChI=1S/C8H16ClNO/c1-7(6-9)4-3-5-10-8(2)11/h7H,3-6H2,1-2H3,(H,10,11). The van der Waals surface area contributed by atoms with Crippen LogP contribution in [0, 0.1) is 5.92 Å². The summed E-state index contributed by atoms with van der Waals surface area (Å²) in [5, 5.41) is 2.74. The molecule has 3 heteroatoms. The summed E-state index contributed by atoms with van der Waals surface area (Å²) < 4.78 is 0. The third-order valence-electron chi connectivity index (χ3n) is 1.51. The van der Waals surface area contributed by atoms with Crippen LogP contribution in [0.25, 0.3) is 0 Å². The fourth-order valence-electron chi connectivity index (χ4n) is 0.792. The van der Waals surface area contributed by atoms with E-state index in [1.807, 2.05) is 0 Å². The molecular weight excluding hydrogens is 162 g/mol. The molecule has 0 aromatic rings. The molecule has 0 rings (SSSR count). The van der Waals surface area contributed by atoms with Crippen molar-refractivity contribution in [3.8, 4) is 0 Å². The Bertz CT molecular complexity index is 117. The number of alkyl halides is 1. The Morgan fingerprint density at radius 3 is 2.73 bits per heavy atom. The summed E-state index contributed by atoms with van der Waals surface area (Å²) in [5.74, 6) is 1.31. The lowest BCUT2D eigenvalue weighted by molar-refractivity contribution is -0.118. The number of hydrogen-bond donors (Lipinski definition) is 1. The molecule has 1 unspecified atom stereocenters. The number of halogens is 1. The number of hydrogen-bond acceptors (Lipinski definition) is 1. The maximum atomic E-state index is 10.4. The van der Waals surface area contributed by atoms with Crippen molar-refractivity contribution in [2.75, 3.05) is 12.4 Å². The van der Waals surface area contributed by atoms with Gasteiger partial charge in [-0.1, -0.05) is 6.92 Å². The fourth-order valence-corrected chi connectivity index (χ4v) is 0.946. The van der Waals surface area contributed by atoms with E-state index in [4.69, 9.17) is 11.6 Å². The van der Waals surface area contributed by atoms with Crippen molar-refractivity contribution in [1.82, 2.24) is 5.32 Å². The van der Waals surface area contributed by atoms with Gasteiger partial charge in [-0.3, -0.25) is 4.79 Å². The summed E-state index contributed by atoms with van der Waals surface area (Å²) in [7, 11) is 0. The monoisotopic (exact) mass is 177 g/mol. The molecule has 66 valence electrons. The summed E-state index contributed by atoms with van der Waals surface area (Å²) in [6, 6.07) is 0. The van der Waals surface area contributed by atoms with E-state index in [1.54, 1.807) is 0 Å². The summed E-state index contributed by atoms with van der Waals surface area (Å²) in [6.45, 7) is 4.42. The van der Waals surface area contributed by atoms with Gasteiger partial charge in [-0.2, -0.15) is 0 Å². The molecular formula is C8H16ClNO. The second-order valence-electron chi connectivity index (χ2n) is 2.88. The predicted molar refractivity (Wildman–Crippen MR) is 47.8 cm³/mol. The molecule has 0 heterocycles. The van der Waals surface area contributed by atoms with Gasteiger partial charge >= 0.3 is 0 Å². The Hall–Kier alpha value is -0.240. The molecule has 0 saturated heterocycles. The van der Waals surface area contributed by atoms with Crippen molar-refractivity contribution in [2.24, 2.45) is 5.92 Å². The van der Waals surface area contributed by atoms with Crippen LogP contribution in [0.1, 0.15) is 26.7 Å².